The highest BCUT2D eigenvalue weighted by molar-refractivity contribution is 9.09. The molecular weight excluding hydrogens is 300 g/mol. The molecule has 2 aliphatic heterocycles. The van der Waals surface area contributed by atoms with Crippen LogP contribution in [0.2, 0.25) is 0 Å². The summed E-state index contributed by atoms with van der Waals surface area (Å²) in [5, 5.41) is 10.5. The molecule has 0 aliphatic carbocycles. The van der Waals surface area contributed by atoms with E-state index < -0.39 is 11.9 Å². The summed E-state index contributed by atoms with van der Waals surface area (Å²) in [5.74, 6) is -0.533. The highest BCUT2D eigenvalue weighted by atomic mass is 79.9. The van der Waals surface area contributed by atoms with Crippen molar-refractivity contribution in [2.45, 2.75) is 57.6 Å². The van der Waals surface area contributed by atoms with Crippen LogP contribution < -0.4 is 0 Å². The lowest BCUT2D eigenvalue weighted by Gasteiger charge is -2.28. The maximum absolute atomic E-state index is 10.0. The van der Waals surface area contributed by atoms with Gasteiger partial charge in [0.1, 0.15) is 6.10 Å². The van der Waals surface area contributed by atoms with E-state index in [1.807, 2.05) is 20.8 Å². The van der Waals surface area contributed by atoms with Gasteiger partial charge in [-0.05, 0) is 27.2 Å². The summed E-state index contributed by atoms with van der Waals surface area (Å²) in [6.45, 7) is 9.68. The van der Waals surface area contributed by atoms with Crippen LogP contribution in [-0.4, -0.2) is 40.8 Å². The first kappa shape index (κ1) is 14.5. The lowest BCUT2D eigenvalue weighted by atomic mass is 9.89. The smallest absolute Gasteiger partial charge is 0.187 e. The van der Waals surface area contributed by atoms with Crippen molar-refractivity contribution in [2.75, 3.05) is 5.33 Å². The lowest BCUT2D eigenvalue weighted by molar-refractivity contribution is -0.218. The average Bonchev–Trinajstić information content (AvgIpc) is 2.71. The minimum Gasteiger partial charge on any atom is -0.390 e. The lowest BCUT2D eigenvalue weighted by Crippen LogP contribution is -2.38. The molecule has 0 radical (unpaired) electrons. The minimum absolute atomic E-state index is 0.0850. The average molecular weight is 321 g/mol. The summed E-state index contributed by atoms with van der Waals surface area (Å²) in [5.41, 5.74) is 1.06. The number of allylic oxidation sites excluding steroid dienone is 1. The predicted octanol–water partition coefficient (Wildman–Crippen LogP) is 2.20. The number of hydrogen-bond acceptors (Lipinski definition) is 4. The molecule has 0 saturated carbocycles. The van der Waals surface area contributed by atoms with Crippen LogP contribution in [0.25, 0.3) is 0 Å². The summed E-state index contributed by atoms with van der Waals surface area (Å²) in [6, 6.07) is 0. The maximum atomic E-state index is 10.0. The molecule has 0 aromatic heterocycles. The van der Waals surface area contributed by atoms with Gasteiger partial charge >= 0.3 is 0 Å². The Morgan fingerprint density at radius 3 is 2.67 bits per heavy atom. The number of fused-ring (bicyclic) bond motifs is 1. The molecule has 2 aliphatic rings. The zero-order chi connectivity index (χ0) is 13.5. The van der Waals surface area contributed by atoms with Gasteiger partial charge in [-0.15, -0.1) is 6.58 Å². The van der Waals surface area contributed by atoms with Crippen molar-refractivity contribution in [1.82, 2.24) is 0 Å². The Balaban J connectivity index is 2.14. The second-order valence-corrected chi connectivity index (χ2v) is 6.26. The topological polar surface area (TPSA) is 47.9 Å². The molecule has 0 aromatic rings. The van der Waals surface area contributed by atoms with Crippen molar-refractivity contribution in [2.24, 2.45) is 5.92 Å². The van der Waals surface area contributed by atoms with Crippen LogP contribution in [0.5, 0.6) is 0 Å². The van der Waals surface area contributed by atoms with Crippen molar-refractivity contribution in [3.05, 3.63) is 12.2 Å². The van der Waals surface area contributed by atoms with Gasteiger partial charge in [0, 0.05) is 11.2 Å². The molecule has 0 spiro atoms. The molecule has 2 heterocycles. The molecule has 18 heavy (non-hydrogen) atoms. The van der Waals surface area contributed by atoms with Gasteiger partial charge in [-0.2, -0.15) is 0 Å². The molecule has 5 atom stereocenters. The summed E-state index contributed by atoms with van der Waals surface area (Å²) >= 11 is 3.29. The van der Waals surface area contributed by atoms with Crippen molar-refractivity contribution in [3.63, 3.8) is 0 Å². The highest BCUT2D eigenvalue weighted by Gasteiger charge is 2.55. The van der Waals surface area contributed by atoms with Gasteiger partial charge < -0.3 is 19.3 Å². The van der Waals surface area contributed by atoms with Crippen molar-refractivity contribution < 1.29 is 19.3 Å². The number of alkyl halides is 1. The molecule has 2 fully saturated rings. The van der Waals surface area contributed by atoms with Crippen LogP contribution in [0.3, 0.4) is 0 Å². The van der Waals surface area contributed by atoms with E-state index in [1.54, 1.807) is 0 Å². The van der Waals surface area contributed by atoms with Crippen LogP contribution in [0.15, 0.2) is 12.2 Å². The van der Waals surface area contributed by atoms with Crippen molar-refractivity contribution in [3.8, 4) is 0 Å². The Kier molecular flexibility index (Phi) is 4.19. The number of halogens is 1. The molecule has 5 heteroatoms. The van der Waals surface area contributed by atoms with Gasteiger partial charge in [0.25, 0.3) is 0 Å². The monoisotopic (exact) mass is 320 g/mol. The largest absolute Gasteiger partial charge is 0.390 e. The van der Waals surface area contributed by atoms with Crippen LogP contribution >= 0.6 is 15.9 Å². The Hall–Kier alpha value is 0.0600. The first-order valence-electron chi connectivity index (χ1n) is 6.23. The first-order chi connectivity index (χ1) is 8.34. The normalized spacial score (nSPS) is 39.6. The van der Waals surface area contributed by atoms with Gasteiger partial charge in [0.05, 0.1) is 12.2 Å². The summed E-state index contributed by atoms with van der Waals surface area (Å²) in [4.78, 5) is 0. The number of ether oxygens (including phenoxy) is 3. The number of aliphatic hydroxyl groups is 1. The quantitative estimate of drug-likeness (QED) is 0.637. The van der Waals surface area contributed by atoms with E-state index in [4.69, 9.17) is 14.2 Å². The summed E-state index contributed by atoms with van der Waals surface area (Å²) in [6.07, 6.45) is -0.573. The van der Waals surface area contributed by atoms with E-state index in [1.165, 1.54) is 0 Å². The zero-order valence-corrected chi connectivity index (χ0v) is 12.6. The standard InChI is InChI=1S/C13H21BrO4/c1-7(2)5-8-10(9(15)6-14)16-12-11(8)17-13(3,4)18-12/h8-12,15H,1,5-6H2,2-4H3/t8-,9-,10+,11-,12-/m1/s1. The molecule has 0 unspecified atom stereocenters. The van der Waals surface area contributed by atoms with E-state index in [9.17, 15) is 5.11 Å². The Morgan fingerprint density at radius 1 is 1.44 bits per heavy atom. The SMILES string of the molecule is C=C(C)C[C@H]1[C@H]2OC(C)(C)O[C@H]2O[C@@H]1[C@H](O)CBr. The van der Waals surface area contributed by atoms with E-state index in [0.29, 0.717) is 5.33 Å². The third-order valence-electron chi connectivity index (χ3n) is 3.34. The fourth-order valence-corrected chi connectivity index (χ4v) is 3.06. The fourth-order valence-electron chi connectivity index (χ4n) is 2.69. The van der Waals surface area contributed by atoms with Crippen LogP contribution in [0, 0.1) is 5.92 Å². The van der Waals surface area contributed by atoms with E-state index in [2.05, 4.69) is 22.5 Å². The first-order valence-corrected chi connectivity index (χ1v) is 7.35. The van der Waals surface area contributed by atoms with E-state index >= 15 is 0 Å². The van der Waals surface area contributed by atoms with Gasteiger partial charge in [0.2, 0.25) is 0 Å². The molecule has 2 saturated heterocycles. The molecule has 0 aromatic carbocycles. The van der Waals surface area contributed by atoms with Gasteiger partial charge in [-0.1, -0.05) is 21.5 Å². The van der Waals surface area contributed by atoms with Crippen LogP contribution in [-0.2, 0) is 14.2 Å². The molecule has 104 valence electrons. The summed E-state index contributed by atoms with van der Waals surface area (Å²) < 4.78 is 17.4. The maximum Gasteiger partial charge on any atom is 0.187 e. The van der Waals surface area contributed by atoms with Gasteiger partial charge in [0.15, 0.2) is 12.1 Å². The number of aliphatic hydroxyl groups excluding tert-OH is 1. The third kappa shape index (κ3) is 2.80. The van der Waals surface area contributed by atoms with Crippen LogP contribution in [0.1, 0.15) is 27.2 Å². The Morgan fingerprint density at radius 2 is 2.11 bits per heavy atom. The van der Waals surface area contributed by atoms with Crippen LogP contribution in [0.4, 0.5) is 0 Å². The van der Waals surface area contributed by atoms with Gasteiger partial charge in [-0.25, -0.2) is 0 Å². The van der Waals surface area contributed by atoms with E-state index in [0.717, 1.165) is 12.0 Å². The number of hydrogen-bond donors (Lipinski definition) is 1. The Bertz CT molecular complexity index is 331. The highest BCUT2D eigenvalue weighted by Crippen LogP contribution is 2.43. The molecule has 2 rings (SSSR count). The summed E-state index contributed by atoms with van der Waals surface area (Å²) in [7, 11) is 0. The molecule has 1 N–H and O–H groups in total. The molecule has 4 nitrogen and oxygen atoms in total. The minimum atomic E-state index is -0.618. The van der Waals surface area contributed by atoms with E-state index in [-0.39, 0.29) is 24.4 Å². The van der Waals surface area contributed by atoms with Gasteiger partial charge in [-0.3, -0.25) is 0 Å². The van der Waals surface area contributed by atoms with Crippen molar-refractivity contribution in [1.29, 1.82) is 0 Å². The molecule has 0 bridgehead atoms. The molecule has 0 amide bonds. The second kappa shape index (κ2) is 5.21. The third-order valence-corrected chi connectivity index (χ3v) is 4.01. The fraction of sp³-hybridized carbons (Fsp3) is 0.846. The second-order valence-electron chi connectivity index (χ2n) is 5.62. The Labute approximate surface area is 116 Å². The zero-order valence-electron chi connectivity index (χ0n) is 11.1. The molecular formula is C13H21BrO4. The van der Waals surface area contributed by atoms with Crippen molar-refractivity contribution >= 4 is 15.9 Å². The number of rotatable bonds is 4. The predicted molar refractivity (Wildman–Crippen MR) is 71.4 cm³/mol.